The van der Waals surface area contributed by atoms with Crippen molar-refractivity contribution in [2.75, 3.05) is 0 Å². The standard InChI is InChI=1S/C25H11F8N/c26-19-18(20(27)22(29)23(30)21(19)28)14-8-5-9-15(25(31,32)33)24(14)34-16-10-3-1-6-12(16)13-7-2-4-11-17(13)34/h1-11H. The Morgan fingerprint density at radius 1 is 0.529 bits per heavy atom. The maximum Gasteiger partial charge on any atom is 0.418 e. The molecule has 1 heterocycles. The molecule has 9 heteroatoms. The van der Waals surface area contributed by atoms with Crippen LogP contribution in [0.1, 0.15) is 5.56 Å². The van der Waals surface area contributed by atoms with Crippen molar-refractivity contribution in [1.82, 2.24) is 4.57 Å². The van der Waals surface area contributed by atoms with Gasteiger partial charge in [0.15, 0.2) is 23.3 Å². The number of rotatable bonds is 2. The minimum absolute atomic E-state index is 0.255. The number of hydrogen-bond acceptors (Lipinski definition) is 0. The number of alkyl halides is 3. The van der Waals surface area contributed by atoms with Crippen LogP contribution in [-0.2, 0) is 6.18 Å². The molecule has 0 amide bonds. The second-order valence-electron chi connectivity index (χ2n) is 7.51. The highest BCUT2D eigenvalue weighted by Gasteiger charge is 2.38. The first-order valence-corrected chi connectivity index (χ1v) is 9.83. The maximum absolute atomic E-state index is 14.8. The molecule has 34 heavy (non-hydrogen) atoms. The molecule has 0 aliphatic carbocycles. The van der Waals surface area contributed by atoms with E-state index >= 15 is 0 Å². The zero-order valence-corrected chi connectivity index (χ0v) is 16.8. The minimum Gasteiger partial charge on any atom is -0.308 e. The monoisotopic (exact) mass is 477 g/mol. The lowest BCUT2D eigenvalue weighted by atomic mass is 9.97. The Morgan fingerprint density at radius 2 is 1.00 bits per heavy atom. The first kappa shape index (κ1) is 21.9. The minimum atomic E-state index is -5.01. The summed E-state index contributed by atoms with van der Waals surface area (Å²) in [6.07, 6.45) is -5.01. The predicted molar refractivity (Wildman–Crippen MR) is 111 cm³/mol. The molecule has 0 saturated carbocycles. The van der Waals surface area contributed by atoms with Gasteiger partial charge in [0.2, 0.25) is 5.82 Å². The van der Waals surface area contributed by atoms with E-state index in [-0.39, 0.29) is 11.0 Å². The first-order chi connectivity index (χ1) is 16.1. The summed E-state index contributed by atoms with van der Waals surface area (Å²) in [5, 5.41) is 1.08. The largest absolute Gasteiger partial charge is 0.418 e. The van der Waals surface area contributed by atoms with Gasteiger partial charge in [-0.15, -0.1) is 0 Å². The molecule has 172 valence electrons. The van der Waals surface area contributed by atoms with E-state index < -0.39 is 57.6 Å². The molecule has 0 bridgehead atoms. The molecule has 0 unspecified atom stereocenters. The lowest BCUT2D eigenvalue weighted by Gasteiger charge is -2.21. The molecular weight excluding hydrogens is 466 g/mol. The van der Waals surface area contributed by atoms with Gasteiger partial charge >= 0.3 is 6.18 Å². The number of fused-ring (bicyclic) bond motifs is 3. The number of para-hydroxylation sites is 3. The van der Waals surface area contributed by atoms with E-state index in [1.165, 1.54) is 12.1 Å². The predicted octanol–water partition coefficient (Wildman–Crippen LogP) is 8.17. The fourth-order valence-corrected chi connectivity index (χ4v) is 4.22. The number of aromatic nitrogens is 1. The SMILES string of the molecule is Fc1c(F)c(F)c(-c2cccc(C(F)(F)F)c2-n2c3ccccc3c3ccccc32)c(F)c1F. The molecule has 0 N–H and O–H groups in total. The molecule has 1 aromatic heterocycles. The quantitative estimate of drug-likeness (QED) is 0.137. The van der Waals surface area contributed by atoms with Crippen LogP contribution in [0.4, 0.5) is 35.1 Å². The average Bonchev–Trinajstić information content (AvgIpc) is 3.15. The lowest BCUT2D eigenvalue weighted by molar-refractivity contribution is -0.137. The van der Waals surface area contributed by atoms with Crippen molar-refractivity contribution in [2.24, 2.45) is 0 Å². The van der Waals surface area contributed by atoms with Crippen molar-refractivity contribution in [1.29, 1.82) is 0 Å². The van der Waals surface area contributed by atoms with E-state index in [0.29, 0.717) is 16.8 Å². The first-order valence-electron chi connectivity index (χ1n) is 9.83. The van der Waals surface area contributed by atoms with E-state index in [2.05, 4.69) is 0 Å². The lowest BCUT2D eigenvalue weighted by Crippen LogP contribution is -2.13. The van der Waals surface area contributed by atoms with Crippen LogP contribution >= 0.6 is 0 Å². The molecule has 0 radical (unpaired) electrons. The van der Waals surface area contributed by atoms with Crippen LogP contribution in [0, 0.1) is 29.1 Å². The van der Waals surface area contributed by atoms with Crippen LogP contribution in [-0.4, -0.2) is 4.57 Å². The highest BCUT2D eigenvalue weighted by Crippen LogP contribution is 2.44. The second kappa shape index (κ2) is 7.58. The summed E-state index contributed by atoms with van der Waals surface area (Å²) in [4.78, 5) is 0. The summed E-state index contributed by atoms with van der Waals surface area (Å²) >= 11 is 0. The molecule has 0 aliphatic rings. The van der Waals surface area contributed by atoms with Crippen LogP contribution in [0.15, 0.2) is 66.7 Å². The van der Waals surface area contributed by atoms with Crippen LogP contribution in [0.3, 0.4) is 0 Å². The van der Waals surface area contributed by atoms with Crippen LogP contribution in [0.2, 0.25) is 0 Å². The maximum atomic E-state index is 14.8. The number of halogens is 8. The average molecular weight is 477 g/mol. The Labute approximate surface area is 186 Å². The Bertz CT molecular complexity index is 1510. The zero-order chi connectivity index (χ0) is 24.4. The van der Waals surface area contributed by atoms with Gasteiger partial charge in [-0.1, -0.05) is 48.5 Å². The molecule has 0 saturated heterocycles. The Balaban J connectivity index is 2.03. The third-order valence-corrected chi connectivity index (χ3v) is 5.62. The van der Waals surface area contributed by atoms with Gasteiger partial charge in [-0.05, 0) is 18.2 Å². The van der Waals surface area contributed by atoms with Gasteiger partial charge in [-0.25, -0.2) is 22.0 Å². The van der Waals surface area contributed by atoms with Crippen molar-refractivity contribution in [3.8, 4) is 16.8 Å². The fraction of sp³-hybridized carbons (Fsp3) is 0.0400. The zero-order valence-electron chi connectivity index (χ0n) is 16.8. The highest BCUT2D eigenvalue weighted by molar-refractivity contribution is 6.09. The molecule has 1 nitrogen and oxygen atoms in total. The van der Waals surface area contributed by atoms with Crippen molar-refractivity contribution in [3.05, 3.63) is 101 Å². The van der Waals surface area contributed by atoms with E-state index in [1.807, 2.05) is 0 Å². The van der Waals surface area contributed by atoms with E-state index in [4.69, 9.17) is 0 Å². The van der Waals surface area contributed by atoms with Gasteiger partial charge in [-0.3, -0.25) is 0 Å². The Kier molecular flexibility index (Phi) is 4.89. The van der Waals surface area contributed by atoms with E-state index in [1.54, 1.807) is 36.4 Å². The molecule has 4 aromatic carbocycles. The summed E-state index contributed by atoms with van der Waals surface area (Å²) in [5.41, 5.74) is -3.79. The Hall–Kier alpha value is -3.88. The third kappa shape index (κ3) is 3.07. The Morgan fingerprint density at radius 3 is 1.50 bits per heavy atom. The van der Waals surface area contributed by atoms with Gasteiger partial charge in [0.1, 0.15) is 0 Å². The third-order valence-electron chi connectivity index (χ3n) is 5.62. The summed E-state index contributed by atoms with van der Waals surface area (Å²) in [5.74, 6) is -11.3. The number of hydrogen-bond donors (Lipinski definition) is 0. The van der Waals surface area contributed by atoms with Crippen molar-refractivity contribution >= 4 is 21.8 Å². The number of benzene rings is 4. The van der Waals surface area contributed by atoms with Crippen molar-refractivity contribution in [2.45, 2.75) is 6.18 Å². The van der Waals surface area contributed by atoms with Crippen molar-refractivity contribution < 1.29 is 35.1 Å². The topological polar surface area (TPSA) is 4.93 Å². The van der Waals surface area contributed by atoms with Gasteiger partial charge in [0, 0.05) is 16.3 Å². The molecule has 0 aliphatic heterocycles. The molecule has 0 atom stereocenters. The fourth-order valence-electron chi connectivity index (χ4n) is 4.22. The van der Waals surface area contributed by atoms with Crippen LogP contribution in [0.25, 0.3) is 38.6 Å². The van der Waals surface area contributed by atoms with E-state index in [0.717, 1.165) is 16.7 Å². The van der Waals surface area contributed by atoms with Crippen molar-refractivity contribution in [3.63, 3.8) is 0 Å². The van der Waals surface area contributed by atoms with Gasteiger partial charge in [-0.2, -0.15) is 13.2 Å². The smallest absolute Gasteiger partial charge is 0.308 e. The van der Waals surface area contributed by atoms with Gasteiger partial charge < -0.3 is 4.57 Å². The summed E-state index contributed by atoms with van der Waals surface area (Å²) in [6, 6.07) is 15.2. The molecular formula is C25H11F8N. The van der Waals surface area contributed by atoms with Gasteiger partial charge in [0.25, 0.3) is 0 Å². The summed E-state index contributed by atoms with van der Waals surface area (Å²) < 4.78 is 115. The molecule has 0 fully saturated rings. The normalized spacial score (nSPS) is 12.1. The summed E-state index contributed by atoms with van der Waals surface area (Å²) in [6.45, 7) is 0. The molecule has 5 rings (SSSR count). The summed E-state index contributed by atoms with van der Waals surface area (Å²) in [7, 11) is 0. The van der Waals surface area contributed by atoms with Gasteiger partial charge in [0.05, 0.1) is 27.8 Å². The highest BCUT2D eigenvalue weighted by atomic mass is 19.4. The van der Waals surface area contributed by atoms with Crippen LogP contribution in [0.5, 0.6) is 0 Å². The molecule has 5 aromatic rings. The second-order valence-corrected chi connectivity index (χ2v) is 7.51. The molecule has 0 spiro atoms. The van der Waals surface area contributed by atoms with Crippen LogP contribution < -0.4 is 0 Å². The van der Waals surface area contributed by atoms with E-state index in [9.17, 15) is 35.1 Å². The number of nitrogens with zero attached hydrogens (tertiary/aromatic N) is 1.